The molecule has 1 aromatic carbocycles. The first-order valence-corrected chi connectivity index (χ1v) is 7.14. The first kappa shape index (κ1) is 12.6. The number of benzene rings is 1. The van der Waals surface area contributed by atoms with Crippen LogP contribution in [0, 0.1) is 5.82 Å². The van der Waals surface area contributed by atoms with Crippen molar-refractivity contribution in [3.8, 4) is 0 Å². The van der Waals surface area contributed by atoms with E-state index in [1.54, 1.807) is 6.07 Å². The Morgan fingerprint density at radius 3 is 3.16 bits per heavy atom. The van der Waals surface area contributed by atoms with Gasteiger partial charge in [-0.1, -0.05) is 13.3 Å². The van der Waals surface area contributed by atoms with Crippen LogP contribution >= 0.6 is 0 Å². The van der Waals surface area contributed by atoms with Crippen LogP contribution in [0.2, 0.25) is 0 Å². The Bertz CT molecular complexity index is 564. The second-order valence-corrected chi connectivity index (χ2v) is 5.37. The average Bonchev–Trinajstić information content (AvgIpc) is 2.80. The van der Waals surface area contributed by atoms with Gasteiger partial charge in [-0.25, -0.2) is 9.37 Å². The molecule has 1 aliphatic rings. The van der Waals surface area contributed by atoms with Crippen LogP contribution < -0.4 is 0 Å². The van der Waals surface area contributed by atoms with Crippen LogP contribution in [0.4, 0.5) is 4.39 Å². The van der Waals surface area contributed by atoms with Crippen LogP contribution in [-0.4, -0.2) is 27.5 Å². The van der Waals surface area contributed by atoms with Gasteiger partial charge in [0.2, 0.25) is 0 Å². The first-order chi connectivity index (χ1) is 9.26. The Balaban J connectivity index is 1.80. The van der Waals surface area contributed by atoms with Crippen LogP contribution in [-0.2, 0) is 6.54 Å². The Morgan fingerprint density at radius 1 is 1.42 bits per heavy atom. The van der Waals surface area contributed by atoms with Gasteiger partial charge in [0.05, 0.1) is 17.6 Å². The Kier molecular flexibility index (Phi) is 3.51. The summed E-state index contributed by atoms with van der Waals surface area (Å²) in [5, 5.41) is 0. The lowest BCUT2D eigenvalue weighted by atomic mass is 10.0. The third-order valence-electron chi connectivity index (χ3n) is 4.07. The van der Waals surface area contributed by atoms with Gasteiger partial charge < -0.3 is 4.98 Å². The molecule has 0 amide bonds. The molecule has 0 spiro atoms. The maximum Gasteiger partial charge on any atom is 0.125 e. The molecule has 1 saturated heterocycles. The van der Waals surface area contributed by atoms with E-state index < -0.39 is 0 Å². The Hall–Kier alpha value is -1.42. The maximum absolute atomic E-state index is 13.2. The largest absolute Gasteiger partial charge is 0.341 e. The van der Waals surface area contributed by atoms with Crippen LogP contribution in [0.25, 0.3) is 11.0 Å². The fourth-order valence-corrected chi connectivity index (χ4v) is 3.03. The van der Waals surface area contributed by atoms with Crippen molar-refractivity contribution in [2.24, 2.45) is 0 Å². The summed E-state index contributed by atoms with van der Waals surface area (Å²) in [5.41, 5.74) is 1.64. The Labute approximate surface area is 112 Å². The number of H-pyrrole nitrogens is 1. The zero-order chi connectivity index (χ0) is 13.2. The molecule has 0 saturated carbocycles. The number of halogens is 1. The highest BCUT2D eigenvalue weighted by atomic mass is 19.1. The topological polar surface area (TPSA) is 31.9 Å². The van der Waals surface area contributed by atoms with E-state index in [0.717, 1.165) is 29.9 Å². The van der Waals surface area contributed by atoms with Crippen molar-refractivity contribution < 1.29 is 4.39 Å². The minimum Gasteiger partial charge on any atom is -0.341 e. The van der Waals surface area contributed by atoms with Gasteiger partial charge in [-0.15, -0.1) is 0 Å². The van der Waals surface area contributed by atoms with E-state index in [4.69, 9.17) is 0 Å². The fourth-order valence-electron chi connectivity index (χ4n) is 3.03. The number of aromatic nitrogens is 2. The summed E-state index contributed by atoms with van der Waals surface area (Å²) in [6.45, 7) is 4.23. The van der Waals surface area contributed by atoms with E-state index in [-0.39, 0.29) is 5.82 Å². The lowest BCUT2D eigenvalue weighted by Crippen LogP contribution is -2.38. The summed E-state index contributed by atoms with van der Waals surface area (Å²) in [5.74, 6) is 0.730. The molecule has 0 bridgehead atoms. The first-order valence-electron chi connectivity index (χ1n) is 7.14. The molecule has 0 radical (unpaired) electrons. The molecule has 1 N–H and O–H groups in total. The molecule has 2 aromatic rings. The van der Waals surface area contributed by atoms with Gasteiger partial charge in [0.1, 0.15) is 11.6 Å². The fraction of sp³-hybridized carbons (Fsp3) is 0.533. The van der Waals surface area contributed by atoms with Crippen molar-refractivity contribution in [1.29, 1.82) is 0 Å². The van der Waals surface area contributed by atoms with E-state index in [1.165, 1.54) is 37.8 Å². The minimum atomic E-state index is -0.216. The van der Waals surface area contributed by atoms with E-state index in [1.807, 2.05) is 0 Å². The molecular formula is C15H20FN3. The van der Waals surface area contributed by atoms with Gasteiger partial charge in [0, 0.05) is 6.04 Å². The number of hydrogen-bond donors (Lipinski definition) is 1. The number of rotatable bonds is 3. The van der Waals surface area contributed by atoms with Gasteiger partial charge in [-0.3, -0.25) is 4.90 Å². The van der Waals surface area contributed by atoms with E-state index in [9.17, 15) is 4.39 Å². The second-order valence-electron chi connectivity index (χ2n) is 5.37. The number of piperidine rings is 1. The summed E-state index contributed by atoms with van der Waals surface area (Å²) in [7, 11) is 0. The van der Waals surface area contributed by atoms with Gasteiger partial charge in [-0.05, 0) is 44.0 Å². The third kappa shape index (κ3) is 2.63. The molecule has 19 heavy (non-hydrogen) atoms. The molecule has 1 unspecified atom stereocenters. The molecule has 1 fully saturated rings. The molecule has 0 aliphatic carbocycles. The predicted octanol–water partition coefficient (Wildman–Crippen LogP) is 3.47. The molecule has 1 aromatic heterocycles. The van der Waals surface area contributed by atoms with Crippen LogP contribution in [0.15, 0.2) is 18.2 Å². The third-order valence-corrected chi connectivity index (χ3v) is 4.07. The number of aromatic amines is 1. The normalized spacial score (nSPS) is 21.1. The van der Waals surface area contributed by atoms with E-state index >= 15 is 0 Å². The quantitative estimate of drug-likeness (QED) is 0.917. The van der Waals surface area contributed by atoms with E-state index in [0.29, 0.717) is 6.04 Å². The number of imidazole rings is 1. The van der Waals surface area contributed by atoms with Gasteiger partial charge in [0.15, 0.2) is 0 Å². The van der Waals surface area contributed by atoms with Crippen molar-refractivity contribution in [2.75, 3.05) is 6.54 Å². The summed E-state index contributed by atoms with van der Waals surface area (Å²) in [6, 6.07) is 5.37. The zero-order valence-electron chi connectivity index (χ0n) is 11.3. The van der Waals surface area contributed by atoms with Gasteiger partial charge in [0.25, 0.3) is 0 Å². The maximum atomic E-state index is 13.2. The standard InChI is InChI=1S/C15H20FN3/c1-2-12-5-3-4-8-19(12)10-15-17-13-7-6-11(16)9-14(13)18-15/h6-7,9,12H,2-5,8,10H2,1H3,(H,17,18). The number of hydrogen-bond acceptors (Lipinski definition) is 2. The number of nitrogens with zero attached hydrogens (tertiary/aromatic N) is 2. The van der Waals surface area contributed by atoms with Crippen molar-refractivity contribution in [2.45, 2.75) is 45.2 Å². The number of nitrogens with one attached hydrogen (secondary N) is 1. The van der Waals surface area contributed by atoms with Crippen LogP contribution in [0.3, 0.4) is 0 Å². The lowest BCUT2D eigenvalue weighted by Gasteiger charge is -2.34. The Morgan fingerprint density at radius 2 is 2.32 bits per heavy atom. The summed E-state index contributed by atoms with van der Waals surface area (Å²) in [6.07, 6.45) is 5.08. The van der Waals surface area contributed by atoms with Gasteiger partial charge >= 0.3 is 0 Å². The number of likely N-dealkylation sites (tertiary alicyclic amines) is 1. The van der Waals surface area contributed by atoms with Crippen molar-refractivity contribution >= 4 is 11.0 Å². The highest BCUT2D eigenvalue weighted by molar-refractivity contribution is 5.74. The summed E-state index contributed by atoms with van der Waals surface area (Å²) < 4.78 is 13.2. The van der Waals surface area contributed by atoms with E-state index in [2.05, 4.69) is 21.8 Å². The molecule has 3 rings (SSSR count). The van der Waals surface area contributed by atoms with Crippen molar-refractivity contribution in [3.05, 3.63) is 29.8 Å². The molecule has 2 heterocycles. The average molecular weight is 261 g/mol. The van der Waals surface area contributed by atoms with Crippen molar-refractivity contribution in [3.63, 3.8) is 0 Å². The summed E-state index contributed by atoms with van der Waals surface area (Å²) in [4.78, 5) is 10.3. The monoisotopic (exact) mass is 261 g/mol. The summed E-state index contributed by atoms with van der Waals surface area (Å²) >= 11 is 0. The SMILES string of the molecule is CCC1CCCCN1Cc1nc2ccc(F)cc2[nH]1. The van der Waals surface area contributed by atoms with Crippen LogP contribution in [0.5, 0.6) is 0 Å². The molecule has 1 aliphatic heterocycles. The zero-order valence-corrected chi connectivity index (χ0v) is 11.3. The second kappa shape index (κ2) is 5.29. The van der Waals surface area contributed by atoms with Crippen molar-refractivity contribution in [1.82, 2.24) is 14.9 Å². The van der Waals surface area contributed by atoms with Crippen LogP contribution in [0.1, 0.15) is 38.4 Å². The molecular weight excluding hydrogens is 241 g/mol. The molecule has 3 nitrogen and oxygen atoms in total. The highest BCUT2D eigenvalue weighted by Crippen LogP contribution is 2.22. The lowest BCUT2D eigenvalue weighted by molar-refractivity contribution is 0.133. The predicted molar refractivity (Wildman–Crippen MR) is 74.4 cm³/mol. The number of fused-ring (bicyclic) bond motifs is 1. The molecule has 4 heteroatoms. The molecule has 102 valence electrons. The smallest absolute Gasteiger partial charge is 0.125 e. The molecule has 1 atom stereocenters. The minimum absolute atomic E-state index is 0.216. The van der Waals surface area contributed by atoms with Gasteiger partial charge in [-0.2, -0.15) is 0 Å². The highest BCUT2D eigenvalue weighted by Gasteiger charge is 2.21.